The number of nitrogens with zero attached hydrogens (tertiary/aromatic N) is 1. The third kappa shape index (κ3) is 2.66. The van der Waals surface area contributed by atoms with Crippen molar-refractivity contribution in [2.45, 2.75) is 45.1 Å². The molecule has 2 unspecified atom stereocenters. The van der Waals surface area contributed by atoms with Crippen molar-refractivity contribution in [3.05, 3.63) is 0 Å². The molecule has 0 saturated carbocycles. The Hall–Kier alpha value is 0.270. The van der Waals surface area contributed by atoms with Gasteiger partial charge in [-0.05, 0) is 43.5 Å². The average Bonchev–Trinajstić information content (AvgIpc) is 2.73. The summed E-state index contributed by atoms with van der Waals surface area (Å²) >= 11 is 2.10. The summed E-state index contributed by atoms with van der Waals surface area (Å²) in [6.45, 7) is 8.12. The van der Waals surface area contributed by atoms with Gasteiger partial charge in [0.25, 0.3) is 0 Å². The maximum absolute atomic E-state index is 6.13. The number of piperidine rings is 1. The summed E-state index contributed by atoms with van der Waals surface area (Å²) in [6.07, 6.45) is 5.56. The van der Waals surface area contributed by atoms with Gasteiger partial charge in [0.2, 0.25) is 0 Å². The van der Waals surface area contributed by atoms with Crippen LogP contribution in [0.1, 0.15) is 39.5 Å². The molecule has 2 atom stereocenters. The summed E-state index contributed by atoms with van der Waals surface area (Å²) < 4.78 is 0. The Balaban J connectivity index is 1.94. The molecule has 2 heterocycles. The fraction of sp³-hybridized carbons (Fsp3) is 1.00. The van der Waals surface area contributed by atoms with E-state index in [-0.39, 0.29) is 0 Å². The minimum Gasteiger partial charge on any atom is -0.329 e. The lowest BCUT2D eigenvalue weighted by molar-refractivity contribution is 0.0431. The minimum absolute atomic E-state index is 0.321. The molecule has 2 saturated heterocycles. The molecule has 3 heteroatoms. The molecule has 0 bridgehead atoms. The maximum Gasteiger partial charge on any atom is 0.0455 e. The highest BCUT2D eigenvalue weighted by molar-refractivity contribution is 7.99. The van der Waals surface area contributed by atoms with E-state index in [2.05, 4.69) is 30.5 Å². The highest BCUT2D eigenvalue weighted by atomic mass is 32.2. The van der Waals surface area contributed by atoms with Crippen LogP contribution in [0.2, 0.25) is 0 Å². The van der Waals surface area contributed by atoms with E-state index < -0.39 is 0 Å². The van der Waals surface area contributed by atoms with Crippen LogP contribution in [0.25, 0.3) is 0 Å². The first-order valence-electron chi connectivity index (χ1n) is 7.25. The van der Waals surface area contributed by atoms with Crippen molar-refractivity contribution in [1.82, 2.24) is 4.90 Å². The Morgan fingerprint density at radius 1 is 1.35 bits per heavy atom. The quantitative estimate of drug-likeness (QED) is 0.838. The zero-order chi connectivity index (χ0) is 12.3. The zero-order valence-corrected chi connectivity index (χ0v) is 12.3. The monoisotopic (exact) mass is 256 g/mol. The van der Waals surface area contributed by atoms with Crippen LogP contribution in [-0.4, -0.2) is 41.6 Å². The second-order valence-corrected chi connectivity index (χ2v) is 6.97. The first-order valence-corrected chi connectivity index (χ1v) is 8.41. The van der Waals surface area contributed by atoms with Gasteiger partial charge in [0.05, 0.1) is 0 Å². The molecule has 100 valence electrons. The van der Waals surface area contributed by atoms with Crippen molar-refractivity contribution in [3.8, 4) is 0 Å². The van der Waals surface area contributed by atoms with Crippen LogP contribution in [-0.2, 0) is 0 Å². The molecular formula is C14H28N2S. The van der Waals surface area contributed by atoms with Gasteiger partial charge in [-0.2, -0.15) is 11.8 Å². The average molecular weight is 256 g/mol. The number of thioether (sulfide) groups is 1. The van der Waals surface area contributed by atoms with E-state index >= 15 is 0 Å². The molecule has 2 aliphatic rings. The maximum atomic E-state index is 6.13. The van der Waals surface area contributed by atoms with Gasteiger partial charge in [-0.15, -0.1) is 0 Å². The Bertz CT molecular complexity index is 238. The van der Waals surface area contributed by atoms with Gasteiger partial charge in [0.15, 0.2) is 0 Å². The topological polar surface area (TPSA) is 29.3 Å². The van der Waals surface area contributed by atoms with E-state index in [1.54, 1.807) is 0 Å². The van der Waals surface area contributed by atoms with Gasteiger partial charge in [-0.25, -0.2) is 0 Å². The van der Waals surface area contributed by atoms with Gasteiger partial charge in [0.1, 0.15) is 0 Å². The normalized spacial score (nSPS) is 36.5. The van der Waals surface area contributed by atoms with Crippen molar-refractivity contribution in [1.29, 1.82) is 0 Å². The lowest BCUT2D eigenvalue weighted by atomic mass is 9.83. The smallest absolute Gasteiger partial charge is 0.0455 e. The van der Waals surface area contributed by atoms with Gasteiger partial charge in [-0.3, -0.25) is 4.90 Å². The van der Waals surface area contributed by atoms with Gasteiger partial charge < -0.3 is 5.73 Å². The first kappa shape index (κ1) is 13.7. The molecule has 0 aromatic rings. The molecule has 0 amide bonds. The predicted molar refractivity (Wildman–Crippen MR) is 77.5 cm³/mol. The van der Waals surface area contributed by atoms with Crippen molar-refractivity contribution in [2.24, 2.45) is 17.6 Å². The third-order valence-corrected chi connectivity index (χ3v) is 6.37. The second-order valence-electron chi connectivity index (χ2n) is 5.94. The molecule has 0 aromatic carbocycles. The Kier molecular flexibility index (Phi) is 4.79. The van der Waals surface area contributed by atoms with Crippen LogP contribution in [0.3, 0.4) is 0 Å². The highest BCUT2D eigenvalue weighted by Crippen LogP contribution is 2.39. The molecule has 0 radical (unpaired) electrons. The number of nitrogens with two attached hydrogens (primary N) is 1. The highest BCUT2D eigenvalue weighted by Gasteiger charge is 2.45. The van der Waals surface area contributed by atoms with Crippen LogP contribution in [0.5, 0.6) is 0 Å². The van der Waals surface area contributed by atoms with Gasteiger partial charge in [0, 0.05) is 17.8 Å². The Morgan fingerprint density at radius 3 is 2.53 bits per heavy atom. The summed E-state index contributed by atoms with van der Waals surface area (Å²) in [5.74, 6) is 4.30. The van der Waals surface area contributed by atoms with Crippen molar-refractivity contribution in [3.63, 3.8) is 0 Å². The summed E-state index contributed by atoms with van der Waals surface area (Å²) in [6, 6.07) is 0. The molecule has 17 heavy (non-hydrogen) atoms. The summed E-state index contributed by atoms with van der Waals surface area (Å²) in [7, 11) is 0. The molecule has 0 aliphatic carbocycles. The summed E-state index contributed by atoms with van der Waals surface area (Å²) in [5, 5.41) is 0. The molecular weight excluding hydrogens is 228 g/mol. The van der Waals surface area contributed by atoms with E-state index in [4.69, 9.17) is 5.73 Å². The third-order valence-electron chi connectivity index (χ3n) is 4.93. The van der Waals surface area contributed by atoms with E-state index in [0.29, 0.717) is 5.54 Å². The van der Waals surface area contributed by atoms with Gasteiger partial charge >= 0.3 is 0 Å². The molecule has 0 aromatic heterocycles. The summed E-state index contributed by atoms with van der Waals surface area (Å²) in [5.41, 5.74) is 6.45. The van der Waals surface area contributed by atoms with Crippen LogP contribution in [0.15, 0.2) is 0 Å². The Labute approximate surface area is 111 Å². The number of likely N-dealkylation sites (tertiary alicyclic amines) is 1. The van der Waals surface area contributed by atoms with E-state index in [1.807, 2.05) is 0 Å². The molecule has 2 fully saturated rings. The molecule has 2 nitrogen and oxygen atoms in total. The van der Waals surface area contributed by atoms with Crippen molar-refractivity contribution in [2.75, 3.05) is 31.1 Å². The molecule has 0 spiro atoms. The zero-order valence-electron chi connectivity index (χ0n) is 11.5. The Morgan fingerprint density at radius 2 is 2.06 bits per heavy atom. The fourth-order valence-electron chi connectivity index (χ4n) is 3.58. The van der Waals surface area contributed by atoms with E-state index in [1.165, 1.54) is 50.3 Å². The number of hydrogen-bond acceptors (Lipinski definition) is 3. The minimum atomic E-state index is 0.321. The van der Waals surface area contributed by atoms with Crippen molar-refractivity contribution < 1.29 is 0 Å². The van der Waals surface area contributed by atoms with Crippen molar-refractivity contribution >= 4 is 11.8 Å². The fourth-order valence-corrected chi connectivity index (χ4v) is 5.30. The van der Waals surface area contributed by atoms with Gasteiger partial charge in [-0.1, -0.05) is 26.7 Å². The lowest BCUT2D eigenvalue weighted by Crippen LogP contribution is -2.60. The van der Waals surface area contributed by atoms with E-state index in [0.717, 1.165) is 18.4 Å². The van der Waals surface area contributed by atoms with Crippen LogP contribution >= 0.6 is 11.8 Å². The number of hydrogen-bond donors (Lipinski definition) is 1. The molecule has 2 aliphatic heterocycles. The van der Waals surface area contributed by atoms with Crippen LogP contribution in [0.4, 0.5) is 0 Å². The SMILES string of the molecule is CCCC1CCN(C2(CN)CSCC2C)CC1. The predicted octanol–water partition coefficient (Wildman–Crippen LogP) is 2.58. The van der Waals surface area contributed by atoms with Crippen LogP contribution in [0, 0.1) is 11.8 Å². The summed E-state index contributed by atoms with van der Waals surface area (Å²) in [4.78, 5) is 2.73. The lowest BCUT2D eigenvalue weighted by Gasteiger charge is -2.46. The molecule has 2 rings (SSSR count). The van der Waals surface area contributed by atoms with E-state index in [9.17, 15) is 0 Å². The molecule has 2 N–H and O–H groups in total. The number of rotatable bonds is 4. The largest absolute Gasteiger partial charge is 0.329 e. The van der Waals surface area contributed by atoms with Crippen LogP contribution < -0.4 is 5.73 Å². The second kappa shape index (κ2) is 5.94. The standard InChI is InChI=1S/C14H28N2S/c1-3-4-13-5-7-16(8-6-13)14(10-15)11-17-9-12(14)2/h12-13H,3-11,15H2,1-2H3. The first-order chi connectivity index (χ1) is 8.23.